The van der Waals surface area contributed by atoms with Crippen LogP contribution in [0, 0.1) is 5.92 Å². The zero-order valence-electron chi connectivity index (χ0n) is 10.6. The molecule has 3 atom stereocenters. The van der Waals surface area contributed by atoms with Crippen LogP contribution >= 0.6 is 11.8 Å². The number of hydrogen-bond donors (Lipinski definition) is 3. The van der Waals surface area contributed by atoms with Gasteiger partial charge in [0.25, 0.3) is 0 Å². The zero-order chi connectivity index (χ0) is 13.4. The Hall–Kier alpha value is -0.750. The first kappa shape index (κ1) is 16.2. The maximum absolute atomic E-state index is 11.7. The molecule has 0 bridgehead atoms. The summed E-state index contributed by atoms with van der Waals surface area (Å²) in [7, 11) is 0. The fourth-order valence-electron chi connectivity index (χ4n) is 1.32. The molecule has 0 aliphatic carbocycles. The predicted molar refractivity (Wildman–Crippen MR) is 70.0 cm³/mol. The number of carboxylic acids is 1. The van der Waals surface area contributed by atoms with Crippen molar-refractivity contribution in [2.75, 3.05) is 12.0 Å². The van der Waals surface area contributed by atoms with E-state index < -0.39 is 18.1 Å². The van der Waals surface area contributed by atoms with Gasteiger partial charge in [-0.2, -0.15) is 11.8 Å². The average Bonchev–Trinajstić information content (AvgIpc) is 2.31. The van der Waals surface area contributed by atoms with E-state index in [-0.39, 0.29) is 11.8 Å². The van der Waals surface area contributed by atoms with Gasteiger partial charge in [0.2, 0.25) is 5.91 Å². The first-order chi connectivity index (χ1) is 7.93. The minimum Gasteiger partial charge on any atom is -0.480 e. The van der Waals surface area contributed by atoms with Crippen LogP contribution in [0.4, 0.5) is 0 Å². The topological polar surface area (TPSA) is 92.4 Å². The molecule has 0 saturated heterocycles. The third kappa shape index (κ3) is 5.93. The molecule has 0 rings (SSSR count). The molecule has 0 saturated carbocycles. The molecular weight excluding hydrogens is 240 g/mol. The highest BCUT2D eigenvalue weighted by Crippen LogP contribution is 2.08. The van der Waals surface area contributed by atoms with Gasteiger partial charge in [-0.05, 0) is 24.3 Å². The minimum atomic E-state index is -1.01. The first-order valence-corrected chi connectivity index (χ1v) is 7.11. The predicted octanol–water partition coefficient (Wildman–Crippen LogP) is 0.682. The van der Waals surface area contributed by atoms with E-state index in [9.17, 15) is 9.59 Å². The summed E-state index contributed by atoms with van der Waals surface area (Å²) in [5.41, 5.74) is 5.68. The highest BCUT2D eigenvalue weighted by molar-refractivity contribution is 7.98. The van der Waals surface area contributed by atoms with Crippen molar-refractivity contribution in [2.45, 2.75) is 38.8 Å². The van der Waals surface area contributed by atoms with Gasteiger partial charge in [0.15, 0.2) is 0 Å². The van der Waals surface area contributed by atoms with Crippen LogP contribution in [0.3, 0.4) is 0 Å². The Morgan fingerprint density at radius 1 is 1.47 bits per heavy atom. The van der Waals surface area contributed by atoms with Crippen molar-refractivity contribution in [3.63, 3.8) is 0 Å². The molecule has 0 heterocycles. The van der Waals surface area contributed by atoms with E-state index in [0.717, 1.165) is 5.75 Å². The van der Waals surface area contributed by atoms with Crippen molar-refractivity contribution in [1.82, 2.24) is 5.32 Å². The molecule has 100 valence electrons. The normalized spacial score (nSPS) is 16.0. The fraction of sp³-hybridized carbons (Fsp3) is 0.818. The molecule has 0 fully saturated rings. The van der Waals surface area contributed by atoms with Gasteiger partial charge in [0.1, 0.15) is 6.04 Å². The van der Waals surface area contributed by atoms with Gasteiger partial charge in [-0.1, -0.05) is 20.3 Å². The maximum Gasteiger partial charge on any atom is 0.326 e. The molecule has 0 radical (unpaired) electrons. The molecule has 0 aromatic carbocycles. The Balaban J connectivity index is 4.35. The van der Waals surface area contributed by atoms with Crippen molar-refractivity contribution in [3.8, 4) is 0 Å². The quantitative estimate of drug-likeness (QED) is 0.598. The number of carbonyl (C=O) groups is 2. The van der Waals surface area contributed by atoms with Crippen molar-refractivity contribution in [3.05, 3.63) is 0 Å². The van der Waals surface area contributed by atoms with E-state index in [0.29, 0.717) is 12.8 Å². The Morgan fingerprint density at radius 3 is 2.47 bits per heavy atom. The molecule has 1 amide bonds. The summed E-state index contributed by atoms with van der Waals surface area (Å²) in [5, 5.41) is 11.5. The third-order valence-electron chi connectivity index (χ3n) is 2.75. The van der Waals surface area contributed by atoms with E-state index >= 15 is 0 Å². The van der Waals surface area contributed by atoms with Crippen LogP contribution in [0.25, 0.3) is 0 Å². The first-order valence-electron chi connectivity index (χ1n) is 5.71. The summed E-state index contributed by atoms with van der Waals surface area (Å²) in [6.07, 6.45) is 3.18. The Morgan fingerprint density at radius 2 is 2.06 bits per heavy atom. The second-order valence-electron chi connectivity index (χ2n) is 4.10. The number of nitrogens with one attached hydrogen (secondary N) is 1. The van der Waals surface area contributed by atoms with Crippen molar-refractivity contribution in [2.24, 2.45) is 11.7 Å². The lowest BCUT2D eigenvalue weighted by atomic mass is 9.99. The summed E-state index contributed by atoms with van der Waals surface area (Å²) in [4.78, 5) is 22.7. The summed E-state index contributed by atoms with van der Waals surface area (Å²) >= 11 is 1.61. The van der Waals surface area contributed by atoms with Crippen LogP contribution in [0.5, 0.6) is 0 Å². The third-order valence-corrected chi connectivity index (χ3v) is 3.39. The summed E-state index contributed by atoms with van der Waals surface area (Å²) < 4.78 is 0. The Labute approximate surface area is 107 Å². The molecule has 0 spiro atoms. The number of rotatable bonds is 8. The van der Waals surface area contributed by atoms with Gasteiger partial charge in [-0.3, -0.25) is 4.79 Å². The van der Waals surface area contributed by atoms with Gasteiger partial charge in [0, 0.05) is 0 Å². The molecule has 0 aromatic heterocycles. The van der Waals surface area contributed by atoms with E-state index in [4.69, 9.17) is 10.8 Å². The van der Waals surface area contributed by atoms with Gasteiger partial charge in [-0.15, -0.1) is 0 Å². The van der Waals surface area contributed by atoms with Crippen LogP contribution in [0.15, 0.2) is 0 Å². The van der Waals surface area contributed by atoms with E-state index in [1.165, 1.54) is 0 Å². The number of nitrogens with two attached hydrogens (primary N) is 1. The molecule has 4 N–H and O–H groups in total. The molecule has 0 aliphatic heterocycles. The molecule has 0 aliphatic rings. The van der Waals surface area contributed by atoms with Crippen LogP contribution in [-0.4, -0.2) is 41.1 Å². The smallest absolute Gasteiger partial charge is 0.326 e. The molecule has 0 aromatic rings. The lowest BCUT2D eigenvalue weighted by Gasteiger charge is -2.22. The SMILES string of the molecule is CCC(C)C(NC(=O)C(N)CCSC)C(=O)O. The maximum atomic E-state index is 11.7. The monoisotopic (exact) mass is 262 g/mol. The average molecular weight is 262 g/mol. The molecule has 5 nitrogen and oxygen atoms in total. The van der Waals surface area contributed by atoms with Crippen molar-refractivity contribution < 1.29 is 14.7 Å². The number of thioether (sulfide) groups is 1. The number of carbonyl (C=O) groups excluding carboxylic acids is 1. The fourth-order valence-corrected chi connectivity index (χ4v) is 1.81. The number of carboxylic acid groups (broad SMARTS) is 1. The van der Waals surface area contributed by atoms with Gasteiger partial charge in [-0.25, -0.2) is 4.79 Å². The number of aliphatic carboxylic acids is 1. The number of amides is 1. The van der Waals surface area contributed by atoms with Gasteiger partial charge in [0.05, 0.1) is 6.04 Å². The van der Waals surface area contributed by atoms with Gasteiger partial charge >= 0.3 is 5.97 Å². The lowest BCUT2D eigenvalue weighted by molar-refractivity contribution is -0.143. The van der Waals surface area contributed by atoms with Crippen LogP contribution in [-0.2, 0) is 9.59 Å². The zero-order valence-corrected chi connectivity index (χ0v) is 11.4. The summed E-state index contributed by atoms with van der Waals surface area (Å²) in [6.45, 7) is 3.69. The van der Waals surface area contributed by atoms with E-state index in [1.54, 1.807) is 18.7 Å². The van der Waals surface area contributed by atoms with Gasteiger partial charge < -0.3 is 16.2 Å². The lowest BCUT2D eigenvalue weighted by Crippen LogP contribution is -2.51. The van der Waals surface area contributed by atoms with Crippen molar-refractivity contribution in [1.29, 1.82) is 0 Å². The van der Waals surface area contributed by atoms with Crippen LogP contribution in [0.2, 0.25) is 0 Å². The minimum absolute atomic E-state index is 0.107. The van der Waals surface area contributed by atoms with Crippen molar-refractivity contribution >= 4 is 23.6 Å². The van der Waals surface area contributed by atoms with Crippen LogP contribution < -0.4 is 11.1 Å². The Kier molecular flexibility index (Phi) is 7.99. The molecule has 17 heavy (non-hydrogen) atoms. The van der Waals surface area contributed by atoms with Crippen LogP contribution in [0.1, 0.15) is 26.7 Å². The largest absolute Gasteiger partial charge is 0.480 e. The van der Waals surface area contributed by atoms with E-state index in [1.807, 2.05) is 13.2 Å². The highest BCUT2D eigenvalue weighted by atomic mass is 32.2. The second-order valence-corrected chi connectivity index (χ2v) is 5.08. The molecule has 3 unspecified atom stereocenters. The highest BCUT2D eigenvalue weighted by Gasteiger charge is 2.27. The summed E-state index contributed by atoms with van der Waals surface area (Å²) in [5.74, 6) is -0.712. The second kappa shape index (κ2) is 8.36. The van der Waals surface area contributed by atoms with E-state index in [2.05, 4.69) is 5.32 Å². The standard InChI is InChI=1S/C11H22N2O3S/c1-4-7(2)9(11(15)16)13-10(14)8(12)5-6-17-3/h7-9H,4-6,12H2,1-3H3,(H,13,14)(H,15,16). The molecular formula is C11H22N2O3S. The number of hydrogen-bond acceptors (Lipinski definition) is 4. The Bertz CT molecular complexity index is 261. The summed E-state index contributed by atoms with van der Waals surface area (Å²) in [6, 6.07) is -1.49. The molecule has 6 heteroatoms.